The van der Waals surface area contributed by atoms with Crippen LogP contribution in [0.15, 0.2) is 0 Å². The lowest BCUT2D eigenvalue weighted by atomic mass is 10.1. The normalized spacial score (nSPS) is 16.6. The molecule has 2 rings (SSSR count). The van der Waals surface area contributed by atoms with Gasteiger partial charge in [-0.25, -0.2) is 4.98 Å². The monoisotopic (exact) mass is 283 g/mol. The zero-order chi connectivity index (χ0) is 13.7. The van der Waals surface area contributed by atoms with Gasteiger partial charge >= 0.3 is 0 Å². The quantitative estimate of drug-likeness (QED) is 0.779. The molecule has 0 aliphatic carbocycles. The van der Waals surface area contributed by atoms with Crippen molar-refractivity contribution >= 4 is 11.6 Å². The van der Waals surface area contributed by atoms with Crippen molar-refractivity contribution in [3.8, 4) is 5.88 Å². The maximum Gasteiger partial charge on any atom is 0.236 e. The van der Waals surface area contributed by atoms with Crippen molar-refractivity contribution in [3.63, 3.8) is 0 Å². The molecule has 106 valence electrons. The van der Waals surface area contributed by atoms with Gasteiger partial charge in [0, 0.05) is 6.54 Å². The van der Waals surface area contributed by atoms with Crippen LogP contribution in [-0.4, -0.2) is 41.1 Å². The average Bonchev–Trinajstić information content (AvgIpc) is 2.41. The van der Waals surface area contributed by atoms with Crippen LogP contribution in [0.3, 0.4) is 0 Å². The molecule has 0 amide bonds. The largest absolute Gasteiger partial charge is 0.476 e. The second kappa shape index (κ2) is 7.06. The molecule has 1 aliphatic heterocycles. The van der Waals surface area contributed by atoms with E-state index in [0.29, 0.717) is 23.3 Å². The summed E-state index contributed by atoms with van der Waals surface area (Å²) in [7, 11) is 0. The van der Waals surface area contributed by atoms with Gasteiger partial charge in [0.15, 0.2) is 0 Å². The van der Waals surface area contributed by atoms with Crippen LogP contribution in [0.4, 0.5) is 0 Å². The molecule has 0 unspecified atom stereocenters. The van der Waals surface area contributed by atoms with Crippen molar-refractivity contribution in [2.24, 2.45) is 0 Å². The highest BCUT2D eigenvalue weighted by Gasteiger charge is 2.11. The Kier molecular flexibility index (Phi) is 5.40. The Hall–Kier alpha value is -0.870. The first kappa shape index (κ1) is 14.5. The average molecular weight is 284 g/mol. The Morgan fingerprint density at radius 1 is 1.16 bits per heavy atom. The molecule has 1 aromatic heterocycles. The van der Waals surface area contributed by atoms with Crippen LogP contribution in [0.5, 0.6) is 5.88 Å². The summed E-state index contributed by atoms with van der Waals surface area (Å²) >= 11 is 6.13. The minimum atomic E-state index is 0.519. The summed E-state index contributed by atoms with van der Waals surface area (Å²) in [4.78, 5) is 10.9. The Labute approximate surface area is 120 Å². The number of hydrogen-bond donors (Lipinski definition) is 0. The molecule has 1 fully saturated rings. The van der Waals surface area contributed by atoms with E-state index in [1.165, 1.54) is 32.4 Å². The minimum absolute atomic E-state index is 0.519. The van der Waals surface area contributed by atoms with Gasteiger partial charge in [-0.1, -0.05) is 18.0 Å². The SMILES string of the molecule is Cc1nc(C)c(Cl)c(OCCCN2CCCCC2)n1. The predicted octanol–water partition coefficient (Wildman–Crippen LogP) is 3.00. The Morgan fingerprint density at radius 2 is 1.89 bits per heavy atom. The molecule has 0 bridgehead atoms. The molecule has 1 aliphatic rings. The first-order valence-corrected chi connectivity index (χ1v) is 7.40. The molecule has 4 nitrogen and oxygen atoms in total. The molecule has 0 saturated carbocycles. The first-order chi connectivity index (χ1) is 9.16. The second-order valence-electron chi connectivity index (χ2n) is 5.08. The van der Waals surface area contributed by atoms with E-state index in [1.54, 1.807) is 0 Å². The van der Waals surface area contributed by atoms with Crippen LogP contribution < -0.4 is 4.74 Å². The molecule has 2 heterocycles. The number of nitrogens with zero attached hydrogens (tertiary/aromatic N) is 3. The highest BCUT2D eigenvalue weighted by molar-refractivity contribution is 6.32. The molecule has 0 aromatic carbocycles. The van der Waals surface area contributed by atoms with Gasteiger partial charge in [0.2, 0.25) is 5.88 Å². The van der Waals surface area contributed by atoms with Crippen LogP contribution in [0, 0.1) is 13.8 Å². The number of rotatable bonds is 5. The van der Waals surface area contributed by atoms with Gasteiger partial charge in [-0.2, -0.15) is 4.98 Å². The summed E-state index contributed by atoms with van der Waals surface area (Å²) < 4.78 is 5.68. The van der Waals surface area contributed by atoms with E-state index in [0.717, 1.165) is 18.7 Å². The van der Waals surface area contributed by atoms with Crippen molar-refractivity contribution in [1.29, 1.82) is 0 Å². The fourth-order valence-electron chi connectivity index (χ4n) is 2.40. The van der Waals surface area contributed by atoms with E-state index in [4.69, 9.17) is 16.3 Å². The number of hydrogen-bond acceptors (Lipinski definition) is 4. The van der Waals surface area contributed by atoms with Crippen LogP contribution >= 0.6 is 11.6 Å². The zero-order valence-electron chi connectivity index (χ0n) is 11.8. The van der Waals surface area contributed by atoms with Crippen LogP contribution in [-0.2, 0) is 0 Å². The molecular weight excluding hydrogens is 262 g/mol. The topological polar surface area (TPSA) is 38.2 Å². The lowest BCUT2D eigenvalue weighted by Gasteiger charge is -2.26. The molecule has 1 aromatic rings. The molecule has 0 radical (unpaired) electrons. The smallest absolute Gasteiger partial charge is 0.236 e. The molecular formula is C14H22ClN3O. The summed E-state index contributed by atoms with van der Waals surface area (Å²) in [5.41, 5.74) is 0.778. The van der Waals surface area contributed by atoms with E-state index in [2.05, 4.69) is 14.9 Å². The number of aryl methyl sites for hydroxylation is 2. The van der Waals surface area contributed by atoms with Crippen molar-refractivity contribution in [1.82, 2.24) is 14.9 Å². The number of aromatic nitrogens is 2. The maximum atomic E-state index is 6.13. The van der Waals surface area contributed by atoms with Gasteiger partial charge in [0.05, 0.1) is 12.3 Å². The van der Waals surface area contributed by atoms with Gasteiger partial charge in [0.25, 0.3) is 0 Å². The fourth-order valence-corrected chi connectivity index (χ4v) is 2.54. The minimum Gasteiger partial charge on any atom is -0.476 e. The van der Waals surface area contributed by atoms with Crippen molar-refractivity contribution < 1.29 is 4.74 Å². The Morgan fingerprint density at radius 3 is 2.63 bits per heavy atom. The maximum absolute atomic E-state index is 6.13. The highest BCUT2D eigenvalue weighted by Crippen LogP contribution is 2.24. The summed E-state index contributed by atoms with van der Waals surface area (Å²) in [5.74, 6) is 1.22. The van der Waals surface area contributed by atoms with E-state index in [1.807, 2.05) is 13.8 Å². The molecule has 5 heteroatoms. The summed E-state index contributed by atoms with van der Waals surface area (Å²) in [6.45, 7) is 7.94. The molecule has 0 atom stereocenters. The van der Waals surface area contributed by atoms with E-state index < -0.39 is 0 Å². The van der Waals surface area contributed by atoms with Gasteiger partial charge in [-0.05, 0) is 46.2 Å². The van der Waals surface area contributed by atoms with Crippen LogP contribution in [0.2, 0.25) is 5.02 Å². The summed E-state index contributed by atoms with van der Waals surface area (Å²) in [5, 5.41) is 0.531. The van der Waals surface area contributed by atoms with Gasteiger partial charge < -0.3 is 9.64 Å². The summed E-state index contributed by atoms with van der Waals surface area (Å²) in [6.07, 6.45) is 5.05. The predicted molar refractivity (Wildman–Crippen MR) is 76.9 cm³/mol. The van der Waals surface area contributed by atoms with E-state index in [9.17, 15) is 0 Å². The van der Waals surface area contributed by atoms with E-state index >= 15 is 0 Å². The van der Waals surface area contributed by atoms with Gasteiger partial charge in [-0.15, -0.1) is 0 Å². The van der Waals surface area contributed by atoms with Gasteiger partial charge in [0.1, 0.15) is 10.8 Å². The van der Waals surface area contributed by atoms with Crippen molar-refractivity contribution in [2.45, 2.75) is 39.5 Å². The van der Waals surface area contributed by atoms with Crippen molar-refractivity contribution in [3.05, 3.63) is 16.5 Å². The highest BCUT2D eigenvalue weighted by atomic mass is 35.5. The lowest BCUT2D eigenvalue weighted by Crippen LogP contribution is -2.31. The Bertz CT molecular complexity index is 419. The number of piperidine rings is 1. The second-order valence-corrected chi connectivity index (χ2v) is 5.46. The molecule has 19 heavy (non-hydrogen) atoms. The third kappa shape index (κ3) is 4.32. The molecule has 0 spiro atoms. The zero-order valence-corrected chi connectivity index (χ0v) is 12.5. The Balaban J connectivity index is 1.76. The first-order valence-electron chi connectivity index (χ1n) is 7.02. The number of likely N-dealkylation sites (tertiary alicyclic amines) is 1. The number of halogens is 1. The van der Waals surface area contributed by atoms with Crippen LogP contribution in [0.25, 0.3) is 0 Å². The third-order valence-corrected chi connectivity index (χ3v) is 3.84. The molecule has 1 saturated heterocycles. The summed E-state index contributed by atoms with van der Waals surface area (Å²) in [6, 6.07) is 0. The number of ether oxygens (including phenoxy) is 1. The fraction of sp³-hybridized carbons (Fsp3) is 0.714. The van der Waals surface area contributed by atoms with E-state index in [-0.39, 0.29) is 0 Å². The third-order valence-electron chi connectivity index (χ3n) is 3.40. The lowest BCUT2D eigenvalue weighted by molar-refractivity contribution is 0.203. The van der Waals surface area contributed by atoms with Crippen molar-refractivity contribution in [2.75, 3.05) is 26.2 Å². The standard InChI is InChI=1S/C14H22ClN3O/c1-11-13(15)14(17-12(2)16-11)19-10-6-9-18-7-4-3-5-8-18/h3-10H2,1-2H3. The van der Waals surface area contributed by atoms with Gasteiger partial charge in [-0.3, -0.25) is 0 Å². The van der Waals surface area contributed by atoms with Crippen LogP contribution in [0.1, 0.15) is 37.2 Å². The molecule has 0 N–H and O–H groups in total.